The van der Waals surface area contributed by atoms with Crippen molar-refractivity contribution in [2.45, 2.75) is 6.10 Å². The van der Waals surface area contributed by atoms with Crippen LogP contribution in [-0.2, 0) is 0 Å². The first-order valence-corrected chi connectivity index (χ1v) is 5.19. The van der Waals surface area contributed by atoms with Gasteiger partial charge in [-0.15, -0.1) is 0 Å². The molecule has 3 N–H and O–H groups in total. The summed E-state index contributed by atoms with van der Waals surface area (Å²) < 4.78 is 0.702. The van der Waals surface area contributed by atoms with Gasteiger partial charge in [0.2, 0.25) is 0 Å². The number of benzene rings is 1. The minimum absolute atomic E-state index is 0.210. The van der Waals surface area contributed by atoms with E-state index in [1.807, 2.05) is 0 Å². The van der Waals surface area contributed by atoms with Crippen molar-refractivity contribution in [2.75, 3.05) is 18.5 Å². The van der Waals surface area contributed by atoms with Crippen molar-refractivity contribution in [1.82, 2.24) is 0 Å². The number of rotatable bonds is 4. The zero-order valence-electron chi connectivity index (χ0n) is 7.94. The molecule has 0 bridgehead atoms. The molecule has 0 saturated carbocycles. The molecular formula is C10H11BrN2O2. The second kappa shape index (κ2) is 5.71. The Morgan fingerprint density at radius 1 is 1.53 bits per heavy atom. The van der Waals surface area contributed by atoms with Crippen LogP contribution in [0.15, 0.2) is 22.7 Å². The van der Waals surface area contributed by atoms with Gasteiger partial charge >= 0.3 is 0 Å². The van der Waals surface area contributed by atoms with Crippen molar-refractivity contribution < 1.29 is 10.2 Å². The van der Waals surface area contributed by atoms with Crippen LogP contribution in [0.1, 0.15) is 5.56 Å². The summed E-state index contributed by atoms with van der Waals surface area (Å²) in [6.45, 7) is -0.0927. The van der Waals surface area contributed by atoms with E-state index in [4.69, 9.17) is 15.5 Å². The molecule has 0 aromatic heterocycles. The molecule has 1 aromatic carbocycles. The van der Waals surface area contributed by atoms with Gasteiger partial charge in [0.15, 0.2) is 0 Å². The van der Waals surface area contributed by atoms with Crippen LogP contribution >= 0.6 is 15.9 Å². The largest absolute Gasteiger partial charge is 0.394 e. The van der Waals surface area contributed by atoms with Gasteiger partial charge in [-0.2, -0.15) is 5.26 Å². The van der Waals surface area contributed by atoms with E-state index in [2.05, 4.69) is 27.3 Å². The molecule has 1 rings (SSSR count). The Bertz CT molecular complexity index is 376. The summed E-state index contributed by atoms with van der Waals surface area (Å²) in [4.78, 5) is 0. The van der Waals surface area contributed by atoms with Crippen LogP contribution in [0.2, 0.25) is 0 Å². The van der Waals surface area contributed by atoms with E-state index < -0.39 is 6.10 Å². The lowest BCUT2D eigenvalue weighted by molar-refractivity contribution is 0.105. The summed E-state index contributed by atoms with van der Waals surface area (Å²) in [5, 5.41) is 29.6. The van der Waals surface area contributed by atoms with Crippen molar-refractivity contribution >= 4 is 21.6 Å². The van der Waals surface area contributed by atoms with Gasteiger partial charge in [-0.3, -0.25) is 0 Å². The van der Waals surface area contributed by atoms with Crippen molar-refractivity contribution in [2.24, 2.45) is 0 Å². The van der Waals surface area contributed by atoms with E-state index in [9.17, 15) is 0 Å². The fraction of sp³-hybridized carbons (Fsp3) is 0.300. The van der Waals surface area contributed by atoms with Crippen LogP contribution in [-0.4, -0.2) is 29.5 Å². The average Bonchev–Trinajstić information content (AvgIpc) is 2.25. The van der Waals surface area contributed by atoms with Crippen LogP contribution in [0.3, 0.4) is 0 Å². The van der Waals surface area contributed by atoms with Crippen LogP contribution in [0.5, 0.6) is 0 Å². The summed E-state index contributed by atoms with van der Waals surface area (Å²) in [5.41, 5.74) is 1.13. The van der Waals surface area contributed by atoms with Crippen LogP contribution in [0, 0.1) is 11.3 Å². The molecule has 1 unspecified atom stereocenters. The first kappa shape index (κ1) is 12.0. The quantitative estimate of drug-likeness (QED) is 0.766. The lowest BCUT2D eigenvalue weighted by Crippen LogP contribution is -2.23. The summed E-state index contributed by atoms with van der Waals surface area (Å²) in [6.07, 6.45) is -0.824. The van der Waals surface area contributed by atoms with Crippen LogP contribution in [0.25, 0.3) is 0 Å². The second-order valence-corrected chi connectivity index (χ2v) is 3.85. The van der Waals surface area contributed by atoms with Gasteiger partial charge in [0.25, 0.3) is 0 Å². The Balaban J connectivity index is 2.77. The molecule has 1 aromatic rings. The SMILES string of the molecule is N#Cc1c(Br)cccc1NCC(O)CO. The Morgan fingerprint density at radius 2 is 2.27 bits per heavy atom. The number of anilines is 1. The number of nitrogens with zero attached hydrogens (tertiary/aromatic N) is 1. The third-order valence-corrected chi connectivity index (χ3v) is 2.53. The number of aliphatic hydroxyl groups excluding tert-OH is 2. The molecule has 15 heavy (non-hydrogen) atoms. The second-order valence-electron chi connectivity index (χ2n) is 2.99. The maximum absolute atomic E-state index is 9.15. The topological polar surface area (TPSA) is 76.3 Å². The average molecular weight is 271 g/mol. The summed E-state index contributed by atoms with van der Waals surface area (Å²) in [7, 11) is 0. The van der Waals surface area contributed by atoms with Crippen molar-refractivity contribution in [1.29, 1.82) is 5.26 Å². The van der Waals surface area contributed by atoms with Gasteiger partial charge in [-0.25, -0.2) is 0 Å². The van der Waals surface area contributed by atoms with E-state index >= 15 is 0 Å². The minimum atomic E-state index is -0.824. The molecule has 0 fully saturated rings. The number of halogens is 1. The van der Waals surface area contributed by atoms with Crippen molar-refractivity contribution in [3.63, 3.8) is 0 Å². The van der Waals surface area contributed by atoms with E-state index in [0.29, 0.717) is 15.7 Å². The first-order chi connectivity index (χ1) is 7.19. The van der Waals surface area contributed by atoms with Gasteiger partial charge in [0.05, 0.1) is 24.0 Å². The van der Waals surface area contributed by atoms with E-state index in [-0.39, 0.29) is 13.2 Å². The molecule has 80 valence electrons. The Kier molecular flexibility index (Phi) is 4.56. The van der Waals surface area contributed by atoms with Crippen LogP contribution < -0.4 is 5.32 Å². The van der Waals surface area contributed by atoms with Crippen LogP contribution in [0.4, 0.5) is 5.69 Å². The molecular weight excluding hydrogens is 260 g/mol. The molecule has 0 heterocycles. The third-order valence-electron chi connectivity index (χ3n) is 1.86. The molecule has 0 aliphatic carbocycles. The van der Waals surface area contributed by atoms with Gasteiger partial charge in [0, 0.05) is 11.0 Å². The normalized spacial score (nSPS) is 11.9. The molecule has 5 heteroatoms. The van der Waals surface area contributed by atoms with E-state index in [0.717, 1.165) is 0 Å². The molecule has 0 saturated heterocycles. The first-order valence-electron chi connectivity index (χ1n) is 4.40. The highest BCUT2D eigenvalue weighted by molar-refractivity contribution is 9.10. The molecule has 0 spiro atoms. The molecule has 4 nitrogen and oxygen atoms in total. The van der Waals surface area contributed by atoms with Crippen molar-refractivity contribution in [3.8, 4) is 6.07 Å². The predicted molar refractivity (Wildman–Crippen MR) is 60.4 cm³/mol. The van der Waals surface area contributed by atoms with E-state index in [1.54, 1.807) is 18.2 Å². The number of hydrogen-bond acceptors (Lipinski definition) is 4. The summed E-state index contributed by atoms with van der Waals surface area (Å²) in [5.74, 6) is 0. The predicted octanol–water partition coefficient (Wildman–Crippen LogP) is 1.09. The Morgan fingerprint density at radius 3 is 2.87 bits per heavy atom. The lowest BCUT2D eigenvalue weighted by atomic mass is 10.2. The zero-order chi connectivity index (χ0) is 11.3. The number of nitrogens with one attached hydrogen (secondary N) is 1. The number of nitriles is 1. The fourth-order valence-electron chi connectivity index (χ4n) is 1.08. The number of hydrogen-bond donors (Lipinski definition) is 3. The molecule has 0 radical (unpaired) electrons. The standard InChI is InChI=1S/C10H11BrN2O2/c11-9-2-1-3-10(8(9)4-12)13-5-7(15)6-14/h1-3,7,13-15H,5-6H2. The maximum Gasteiger partial charge on any atom is 0.103 e. The van der Waals surface area contributed by atoms with E-state index in [1.165, 1.54) is 0 Å². The lowest BCUT2D eigenvalue weighted by Gasteiger charge is -2.11. The van der Waals surface area contributed by atoms with Gasteiger partial charge < -0.3 is 15.5 Å². The number of aliphatic hydroxyl groups is 2. The van der Waals surface area contributed by atoms with Gasteiger partial charge in [-0.1, -0.05) is 6.07 Å². The fourth-order valence-corrected chi connectivity index (χ4v) is 1.53. The highest BCUT2D eigenvalue weighted by atomic mass is 79.9. The molecule has 1 atom stereocenters. The summed E-state index contributed by atoms with van der Waals surface area (Å²) in [6, 6.07) is 7.36. The maximum atomic E-state index is 9.15. The highest BCUT2D eigenvalue weighted by Gasteiger charge is 2.07. The Labute approximate surface area is 96.3 Å². The van der Waals surface area contributed by atoms with Crippen molar-refractivity contribution in [3.05, 3.63) is 28.2 Å². The van der Waals surface area contributed by atoms with Gasteiger partial charge in [-0.05, 0) is 28.1 Å². The van der Waals surface area contributed by atoms with Gasteiger partial charge in [0.1, 0.15) is 6.07 Å². The monoisotopic (exact) mass is 270 g/mol. The summed E-state index contributed by atoms with van der Waals surface area (Å²) >= 11 is 3.26. The third kappa shape index (κ3) is 3.20. The molecule has 0 aliphatic rings. The highest BCUT2D eigenvalue weighted by Crippen LogP contribution is 2.23. The smallest absolute Gasteiger partial charge is 0.103 e. The minimum Gasteiger partial charge on any atom is -0.394 e. The zero-order valence-corrected chi connectivity index (χ0v) is 9.53. The molecule has 0 aliphatic heterocycles. The Hall–Kier alpha value is -1.09. The molecule has 0 amide bonds.